The molecule has 0 fully saturated rings. The summed E-state index contributed by atoms with van der Waals surface area (Å²) in [4.78, 5) is 25.4. The van der Waals surface area contributed by atoms with Gasteiger partial charge in [0.2, 0.25) is 0 Å². The van der Waals surface area contributed by atoms with E-state index in [1.807, 2.05) is 38.1 Å². The lowest BCUT2D eigenvalue weighted by molar-refractivity contribution is -0.384. The number of rotatable bonds is 3. The molecule has 1 amide bonds. The molecule has 130 valence electrons. The average Bonchev–Trinajstić information content (AvgIpc) is 3.14. The molecule has 3 aromatic rings. The molecular formula is C19H16N4O3. The highest BCUT2D eigenvalue weighted by molar-refractivity contribution is 6.10. The van der Waals surface area contributed by atoms with E-state index in [0.717, 1.165) is 22.5 Å². The Balaban J connectivity index is 1.91. The number of H-pyrrole nitrogens is 1. The number of anilines is 1. The second-order valence-corrected chi connectivity index (χ2v) is 6.38. The fourth-order valence-corrected chi connectivity index (χ4v) is 3.39. The summed E-state index contributed by atoms with van der Waals surface area (Å²) in [5.41, 5.74) is 4.39. The predicted octanol–water partition coefficient (Wildman–Crippen LogP) is 3.68. The zero-order chi connectivity index (χ0) is 18.4. The molecule has 0 saturated carbocycles. The second-order valence-electron chi connectivity index (χ2n) is 6.38. The predicted molar refractivity (Wildman–Crippen MR) is 96.3 cm³/mol. The largest absolute Gasteiger partial charge is 0.295 e. The van der Waals surface area contributed by atoms with Crippen LogP contribution >= 0.6 is 0 Å². The number of aryl methyl sites for hydroxylation is 2. The van der Waals surface area contributed by atoms with E-state index in [4.69, 9.17) is 0 Å². The van der Waals surface area contributed by atoms with Gasteiger partial charge in [-0.05, 0) is 31.5 Å². The van der Waals surface area contributed by atoms with Crippen molar-refractivity contribution in [2.45, 2.75) is 19.9 Å². The number of aromatic amines is 1. The number of nitrogens with zero attached hydrogens (tertiary/aromatic N) is 3. The number of benzene rings is 2. The van der Waals surface area contributed by atoms with Crippen molar-refractivity contribution in [3.63, 3.8) is 0 Å². The Hall–Kier alpha value is -3.48. The number of non-ortho nitro benzene ring substituents is 1. The maximum Gasteiger partial charge on any atom is 0.279 e. The number of nitro groups is 1. The van der Waals surface area contributed by atoms with E-state index >= 15 is 0 Å². The highest BCUT2D eigenvalue weighted by Crippen LogP contribution is 2.42. The number of hydrogen-bond donors (Lipinski definition) is 1. The lowest BCUT2D eigenvalue weighted by atomic mass is 9.98. The number of aromatic nitrogens is 2. The van der Waals surface area contributed by atoms with Crippen LogP contribution in [-0.2, 0) is 0 Å². The van der Waals surface area contributed by atoms with Crippen molar-refractivity contribution < 1.29 is 9.72 Å². The molecule has 0 radical (unpaired) electrons. The smallest absolute Gasteiger partial charge is 0.279 e. The van der Waals surface area contributed by atoms with Crippen LogP contribution in [0.3, 0.4) is 0 Å². The van der Waals surface area contributed by atoms with Gasteiger partial charge in [0.15, 0.2) is 5.69 Å². The molecule has 4 rings (SSSR count). The van der Waals surface area contributed by atoms with Crippen LogP contribution in [0.4, 0.5) is 11.4 Å². The first-order chi connectivity index (χ1) is 12.5. The topological polar surface area (TPSA) is 92.1 Å². The molecule has 0 saturated heterocycles. The van der Waals surface area contributed by atoms with Gasteiger partial charge in [0.1, 0.15) is 0 Å². The van der Waals surface area contributed by atoms with Crippen LogP contribution in [0.2, 0.25) is 0 Å². The van der Waals surface area contributed by atoms with Crippen LogP contribution in [0.25, 0.3) is 0 Å². The monoisotopic (exact) mass is 348 g/mol. The molecule has 0 spiro atoms. The first-order valence-corrected chi connectivity index (χ1v) is 8.17. The van der Waals surface area contributed by atoms with Crippen molar-refractivity contribution in [2.75, 3.05) is 4.90 Å². The SMILES string of the molecule is Cc1ccc(N2C(=O)c3n[nH]c(C)c3C2c2cccc([N+](=O)[O-])c2)cc1. The van der Waals surface area contributed by atoms with E-state index in [0.29, 0.717) is 11.3 Å². The normalized spacial score (nSPS) is 16.0. The van der Waals surface area contributed by atoms with E-state index < -0.39 is 11.0 Å². The van der Waals surface area contributed by atoms with E-state index in [9.17, 15) is 14.9 Å². The molecule has 26 heavy (non-hydrogen) atoms. The first-order valence-electron chi connectivity index (χ1n) is 8.17. The average molecular weight is 348 g/mol. The molecule has 1 aliphatic heterocycles. The summed E-state index contributed by atoms with van der Waals surface area (Å²) in [6, 6.07) is 13.6. The lowest BCUT2D eigenvalue weighted by Crippen LogP contribution is -2.29. The third kappa shape index (κ3) is 2.36. The van der Waals surface area contributed by atoms with E-state index in [1.165, 1.54) is 12.1 Å². The van der Waals surface area contributed by atoms with Crippen LogP contribution in [0.15, 0.2) is 48.5 Å². The Labute approximate surface area is 149 Å². The lowest BCUT2D eigenvalue weighted by Gasteiger charge is -2.26. The van der Waals surface area contributed by atoms with Gasteiger partial charge in [-0.1, -0.05) is 29.8 Å². The van der Waals surface area contributed by atoms with Crippen molar-refractivity contribution in [3.05, 3.63) is 86.7 Å². The maximum atomic E-state index is 13.0. The summed E-state index contributed by atoms with van der Waals surface area (Å²) in [7, 11) is 0. The fraction of sp³-hybridized carbons (Fsp3) is 0.158. The molecule has 7 heteroatoms. The Morgan fingerprint density at radius 2 is 1.88 bits per heavy atom. The van der Waals surface area contributed by atoms with Crippen LogP contribution in [0, 0.1) is 24.0 Å². The fourth-order valence-electron chi connectivity index (χ4n) is 3.39. The van der Waals surface area contributed by atoms with E-state index in [-0.39, 0.29) is 11.6 Å². The minimum Gasteiger partial charge on any atom is -0.295 e. The molecule has 1 aromatic heterocycles. The number of nitrogens with one attached hydrogen (secondary N) is 1. The zero-order valence-corrected chi connectivity index (χ0v) is 14.3. The number of carbonyl (C=O) groups excluding carboxylic acids is 1. The van der Waals surface area contributed by atoms with Crippen molar-refractivity contribution in [1.82, 2.24) is 10.2 Å². The molecular weight excluding hydrogens is 332 g/mol. The highest BCUT2D eigenvalue weighted by Gasteiger charge is 2.42. The van der Waals surface area contributed by atoms with Crippen LogP contribution in [-0.4, -0.2) is 21.0 Å². The van der Waals surface area contributed by atoms with Gasteiger partial charge in [-0.25, -0.2) is 0 Å². The van der Waals surface area contributed by atoms with E-state index in [1.54, 1.807) is 17.0 Å². The first kappa shape index (κ1) is 16.0. The van der Waals surface area contributed by atoms with E-state index in [2.05, 4.69) is 10.2 Å². The highest BCUT2D eigenvalue weighted by atomic mass is 16.6. The minimum atomic E-state index is -0.459. The van der Waals surface area contributed by atoms with Crippen LogP contribution in [0.5, 0.6) is 0 Å². The van der Waals surface area contributed by atoms with Crippen molar-refractivity contribution in [1.29, 1.82) is 0 Å². The van der Waals surface area contributed by atoms with Gasteiger partial charge in [-0.15, -0.1) is 0 Å². The maximum absolute atomic E-state index is 13.0. The molecule has 1 unspecified atom stereocenters. The molecule has 0 aliphatic carbocycles. The number of carbonyl (C=O) groups is 1. The third-order valence-electron chi connectivity index (χ3n) is 4.66. The minimum absolute atomic E-state index is 0.00611. The van der Waals surface area contributed by atoms with Gasteiger partial charge in [-0.3, -0.25) is 24.9 Å². The van der Waals surface area contributed by atoms with Gasteiger partial charge < -0.3 is 0 Å². The molecule has 0 bridgehead atoms. The number of fused-ring (bicyclic) bond motifs is 1. The van der Waals surface area contributed by atoms with Gasteiger partial charge in [0.25, 0.3) is 11.6 Å². The molecule has 2 heterocycles. The van der Waals surface area contributed by atoms with Gasteiger partial charge in [0.05, 0.1) is 11.0 Å². The Morgan fingerprint density at radius 1 is 1.15 bits per heavy atom. The number of amides is 1. The molecule has 1 N–H and O–H groups in total. The van der Waals surface area contributed by atoms with Gasteiger partial charge in [-0.2, -0.15) is 5.10 Å². The molecule has 1 atom stereocenters. The van der Waals surface area contributed by atoms with Crippen LogP contribution in [0.1, 0.15) is 38.9 Å². The molecule has 1 aliphatic rings. The summed E-state index contributed by atoms with van der Waals surface area (Å²) in [5, 5.41) is 18.2. The Bertz CT molecular complexity index is 1020. The number of nitro benzene ring substituents is 1. The summed E-state index contributed by atoms with van der Waals surface area (Å²) >= 11 is 0. The summed E-state index contributed by atoms with van der Waals surface area (Å²) in [5.74, 6) is -0.218. The summed E-state index contributed by atoms with van der Waals surface area (Å²) in [6.07, 6.45) is 0. The number of hydrogen-bond acceptors (Lipinski definition) is 4. The Morgan fingerprint density at radius 3 is 2.58 bits per heavy atom. The van der Waals surface area contributed by atoms with Crippen molar-refractivity contribution in [2.24, 2.45) is 0 Å². The summed E-state index contributed by atoms with van der Waals surface area (Å²) < 4.78 is 0. The zero-order valence-electron chi connectivity index (χ0n) is 14.3. The third-order valence-corrected chi connectivity index (χ3v) is 4.66. The molecule has 7 nitrogen and oxygen atoms in total. The molecule has 2 aromatic carbocycles. The quantitative estimate of drug-likeness (QED) is 0.577. The second kappa shape index (κ2) is 5.80. The standard InChI is InChI=1S/C19H16N4O3/c1-11-6-8-14(9-7-11)22-18(13-4-3-5-15(10-13)23(25)26)16-12(2)20-21-17(16)19(22)24/h3-10,18H,1-2H3,(H,20,21). The van der Waals surface area contributed by atoms with Gasteiger partial charge >= 0.3 is 0 Å². The van der Waals surface area contributed by atoms with Crippen molar-refractivity contribution in [3.8, 4) is 0 Å². The van der Waals surface area contributed by atoms with Crippen LogP contribution < -0.4 is 4.90 Å². The van der Waals surface area contributed by atoms with Gasteiger partial charge in [0, 0.05) is 29.1 Å². The Kier molecular flexibility index (Phi) is 3.57. The summed E-state index contributed by atoms with van der Waals surface area (Å²) in [6.45, 7) is 3.82. The van der Waals surface area contributed by atoms with Crippen molar-refractivity contribution >= 4 is 17.3 Å².